The second-order valence-electron chi connectivity index (χ2n) is 6.94. The molecular formula is C23H20ClN5OS. The minimum atomic E-state index is -0.138. The zero-order chi connectivity index (χ0) is 21.8. The lowest BCUT2D eigenvalue weighted by Crippen LogP contribution is -2.14. The van der Waals surface area contributed by atoms with Gasteiger partial charge in [-0.2, -0.15) is 0 Å². The van der Waals surface area contributed by atoms with Gasteiger partial charge >= 0.3 is 0 Å². The van der Waals surface area contributed by atoms with Crippen LogP contribution < -0.4 is 11.1 Å². The summed E-state index contributed by atoms with van der Waals surface area (Å²) in [4.78, 5) is 12.4. The van der Waals surface area contributed by atoms with E-state index in [1.807, 2.05) is 60.0 Å². The van der Waals surface area contributed by atoms with Gasteiger partial charge in [0, 0.05) is 27.6 Å². The molecule has 8 heteroatoms. The molecular weight excluding hydrogens is 430 g/mol. The van der Waals surface area contributed by atoms with Crippen molar-refractivity contribution >= 4 is 40.6 Å². The highest BCUT2D eigenvalue weighted by atomic mass is 35.5. The van der Waals surface area contributed by atoms with Crippen LogP contribution >= 0.6 is 23.4 Å². The van der Waals surface area contributed by atoms with Crippen molar-refractivity contribution in [3.63, 3.8) is 0 Å². The number of nitrogens with zero attached hydrogens (tertiary/aromatic N) is 3. The molecule has 6 nitrogen and oxygen atoms in total. The number of benzene rings is 3. The van der Waals surface area contributed by atoms with Crippen LogP contribution in [-0.4, -0.2) is 26.4 Å². The molecule has 3 aromatic carbocycles. The Morgan fingerprint density at radius 3 is 2.35 bits per heavy atom. The van der Waals surface area contributed by atoms with Gasteiger partial charge in [0.05, 0.1) is 5.75 Å². The molecule has 0 aliphatic rings. The van der Waals surface area contributed by atoms with Crippen LogP contribution in [0, 0.1) is 6.92 Å². The largest absolute Gasteiger partial charge is 0.399 e. The number of nitrogens with one attached hydrogen (secondary N) is 1. The molecule has 0 unspecified atom stereocenters. The molecule has 3 N–H and O–H groups in total. The van der Waals surface area contributed by atoms with E-state index in [-0.39, 0.29) is 11.7 Å². The molecule has 0 spiro atoms. The van der Waals surface area contributed by atoms with Gasteiger partial charge in [-0.15, -0.1) is 10.2 Å². The lowest BCUT2D eigenvalue weighted by atomic mass is 10.2. The van der Waals surface area contributed by atoms with Crippen LogP contribution in [0.3, 0.4) is 0 Å². The summed E-state index contributed by atoms with van der Waals surface area (Å²) >= 11 is 7.36. The SMILES string of the molecule is Cc1ccc(-n2c(SCC(=O)Nc3ccc(N)cc3)nnc2-c2ccc(Cl)cc2)cc1. The first-order valence-electron chi connectivity index (χ1n) is 9.56. The Bertz CT molecular complexity index is 1190. The fraction of sp³-hybridized carbons (Fsp3) is 0.0870. The molecule has 0 fully saturated rings. The summed E-state index contributed by atoms with van der Waals surface area (Å²) < 4.78 is 1.95. The summed E-state index contributed by atoms with van der Waals surface area (Å²) in [5.41, 5.74) is 9.99. The van der Waals surface area contributed by atoms with E-state index in [0.717, 1.165) is 16.8 Å². The first-order chi connectivity index (χ1) is 15.0. The van der Waals surface area contributed by atoms with Crippen molar-refractivity contribution in [3.8, 4) is 17.1 Å². The van der Waals surface area contributed by atoms with Crippen LogP contribution in [-0.2, 0) is 4.79 Å². The number of thioether (sulfide) groups is 1. The monoisotopic (exact) mass is 449 g/mol. The van der Waals surface area contributed by atoms with E-state index in [1.54, 1.807) is 24.3 Å². The maximum Gasteiger partial charge on any atom is 0.234 e. The molecule has 1 aromatic heterocycles. The van der Waals surface area contributed by atoms with Crippen molar-refractivity contribution in [2.45, 2.75) is 12.1 Å². The highest BCUT2D eigenvalue weighted by molar-refractivity contribution is 7.99. The number of rotatable bonds is 6. The minimum absolute atomic E-state index is 0.138. The summed E-state index contributed by atoms with van der Waals surface area (Å²) in [6, 6.07) is 22.6. The van der Waals surface area contributed by atoms with Gasteiger partial charge in [0.25, 0.3) is 0 Å². The standard InChI is InChI=1S/C23H20ClN5OS/c1-15-2-12-20(13-3-15)29-22(16-4-6-17(24)7-5-16)27-28-23(29)31-14-21(30)26-19-10-8-18(25)9-11-19/h2-13H,14,25H2,1H3,(H,26,30). The third-order valence-electron chi connectivity index (χ3n) is 4.55. The normalized spacial score (nSPS) is 10.8. The highest BCUT2D eigenvalue weighted by Crippen LogP contribution is 2.29. The molecule has 0 atom stereocenters. The topological polar surface area (TPSA) is 85.8 Å². The van der Waals surface area contributed by atoms with Gasteiger partial charge in [-0.1, -0.05) is 41.1 Å². The van der Waals surface area contributed by atoms with E-state index in [1.165, 1.54) is 11.8 Å². The van der Waals surface area contributed by atoms with Crippen molar-refractivity contribution in [1.29, 1.82) is 0 Å². The van der Waals surface area contributed by atoms with Crippen molar-refractivity contribution in [2.24, 2.45) is 0 Å². The number of nitrogens with two attached hydrogens (primary N) is 1. The Morgan fingerprint density at radius 2 is 1.68 bits per heavy atom. The smallest absolute Gasteiger partial charge is 0.234 e. The maximum absolute atomic E-state index is 12.4. The fourth-order valence-electron chi connectivity index (χ4n) is 2.97. The van der Waals surface area contributed by atoms with Crippen LogP contribution in [0.4, 0.5) is 11.4 Å². The number of hydrogen-bond acceptors (Lipinski definition) is 5. The Kier molecular flexibility index (Phi) is 6.25. The lowest BCUT2D eigenvalue weighted by Gasteiger charge is -2.11. The zero-order valence-electron chi connectivity index (χ0n) is 16.7. The minimum Gasteiger partial charge on any atom is -0.399 e. The van der Waals surface area contributed by atoms with Crippen LogP contribution in [0.15, 0.2) is 78.0 Å². The highest BCUT2D eigenvalue weighted by Gasteiger charge is 2.17. The number of aryl methyl sites for hydroxylation is 1. The molecule has 0 saturated carbocycles. The van der Waals surface area contributed by atoms with E-state index >= 15 is 0 Å². The summed E-state index contributed by atoms with van der Waals surface area (Å²) in [5.74, 6) is 0.734. The second kappa shape index (κ2) is 9.24. The lowest BCUT2D eigenvalue weighted by molar-refractivity contribution is -0.113. The van der Waals surface area contributed by atoms with Gasteiger partial charge in [0.2, 0.25) is 5.91 Å². The van der Waals surface area contributed by atoms with Crippen LogP contribution in [0.25, 0.3) is 17.1 Å². The van der Waals surface area contributed by atoms with Crippen LogP contribution in [0.5, 0.6) is 0 Å². The number of amides is 1. The van der Waals surface area contributed by atoms with E-state index in [0.29, 0.717) is 27.4 Å². The Labute approximate surface area is 189 Å². The number of carbonyl (C=O) groups excluding carboxylic acids is 1. The number of aromatic nitrogens is 3. The van der Waals surface area contributed by atoms with E-state index < -0.39 is 0 Å². The molecule has 0 saturated heterocycles. The second-order valence-corrected chi connectivity index (χ2v) is 8.32. The summed E-state index contributed by atoms with van der Waals surface area (Å²) in [7, 11) is 0. The number of hydrogen-bond donors (Lipinski definition) is 2. The third kappa shape index (κ3) is 5.07. The van der Waals surface area contributed by atoms with E-state index in [2.05, 4.69) is 15.5 Å². The van der Waals surface area contributed by atoms with Gasteiger partial charge < -0.3 is 11.1 Å². The van der Waals surface area contributed by atoms with Crippen molar-refractivity contribution in [2.75, 3.05) is 16.8 Å². The molecule has 0 bridgehead atoms. The van der Waals surface area contributed by atoms with Crippen LogP contribution in [0.1, 0.15) is 5.56 Å². The molecule has 1 heterocycles. The molecule has 156 valence electrons. The average Bonchev–Trinajstić information content (AvgIpc) is 3.19. The number of anilines is 2. The fourth-order valence-corrected chi connectivity index (χ4v) is 3.85. The van der Waals surface area contributed by atoms with Gasteiger partial charge in [-0.25, -0.2) is 0 Å². The zero-order valence-corrected chi connectivity index (χ0v) is 18.3. The Hall–Kier alpha value is -3.29. The first kappa shape index (κ1) is 21.0. The predicted molar refractivity (Wildman–Crippen MR) is 127 cm³/mol. The third-order valence-corrected chi connectivity index (χ3v) is 5.74. The van der Waals surface area contributed by atoms with Crippen LogP contribution in [0.2, 0.25) is 5.02 Å². The number of nitrogen functional groups attached to an aromatic ring is 1. The predicted octanol–water partition coefficient (Wildman–Crippen LogP) is 5.21. The number of carbonyl (C=O) groups is 1. The summed E-state index contributed by atoms with van der Waals surface area (Å²) in [5, 5.41) is 12.9. The molecule has 31 heavy (non-hydrogen) atoms. The van der Waals surface area contributed by atoms with E-state index in [4.69, 9.17) is 17.3 Å². The van der Waals surface area contributed by atoms with Crippen molar-refractivity contribution in [3.05, 3.63) is 83.4 Å². The van der Waals surface area contributed by atoms with Gasteiger partial charge in [-0.3, -0.25) is 9.36 Å². The van der Waals surface area contributed by atoms with E-state index in [9.17, 15) is 4.79 Å². The summed E-state index contributed by atoms with van der Waals surface area (Å²) in [6.45, 7) is 2.03. The van der Waals surface area contributed by atoms with Gasteiger partial charge in [0.1, 0.15) is 0 Å². The molecule has 0 aliphatic carbocycles. The molecule has 4 aromatic rings. The first-order valence-corrected chi connectivity index (χ1v) is 10.9. The molecule has 4 rings (SSSR count). The van der Waals surface area contributed by atoms with Crippen molar-refractivity contribution in [1.82, 2.24) is 14.8 Å². The quantitative estimate of drug-likeness (QED) is 0.312. The molecule has 0 aliphatic heterocycles. The molecule has 0 radical (unpaired) electrons. The van der Waals surface area contributed by atoms with Gasteiger partial charge in [-0.05, 0) is 67.6 Å². The maximum atomic E-state index is 12.4. The summed E-state index contributed by atoms with van der Waals surface area (Å²) in [6.07, 6.45) is 0. The van der Waals surface area contributed by atoms with Gasteiger partial charge in [0.15, 0.2) is 11.0 Å². The molecule has 1 amide bonds. The number of halogens is 1. The Morgan fingerprint density at radius 1 is 1.00 bits per heavy atom. The average molecular weight is 450 g/mol. The van der Waals surface area contributed by atoms with Crippen molar-refractivity contribution < 1.29 is 4.79 Å². The Balaban J connectivity index is 1.59.